The molecule has 1 saturated carbocycles. The molecule has 1 aromatic carbocycles. The number of nitrogens with zero attached hydrogens (tertiary/aromatic N) is 3. The van der Waals surface area contributed by atoms with E-state index in [4.69, 9.17) is 23.2 Å². The number of hydrogen-bond acceptors (Lipinski definition) is 5. The summed E-state index contributed by atoms with van der Waals surface area (Å²) in [6.45, 7) is 8.47. The third-order valence-corrected chi connectivity index (χ3v) is 7.37. The number of carbonyl (C=O) groups is 2. The number of amides is 2. The molecule has 0 saturated heterocycles. The highest BCUT2D eigenvalue weighted by molar-refractivity contribution is 7.99. The lowest BCUT2D eigenvalue weighted by atomic mass is 9.95. The van der Waals surface area contributed by atoms with Crippen LogP contribution in [-0.4, -0.2) is 38.4 Å². The standard InChI is InChI=1S/C25H33Cl2N5O2S/c1-4-12-32-23(30-31-25(32)35-15-22(33)28-18-8-6-5-7-9-18)21(13-16(2)3)29-24(34)19-11-10-17(26)14-20(19)27/h4,10-11,14,16,18,21H,1,5-9,12-13,15H2,2-3H3,(H,28,33)(H,29,34)/t21-/m0/s1. The zero-order chi connectivity index (χ0) is 25.4. The Bertz CT molecular complexity index is 1040. The minimum atomic E-state index is -0.396. The van der Waals surface area contributed by atoms with Gasteiger partial charge in [0.2, 0.25) is 5.91 Å². The van der Waals surface area contributed by atoms with Gasteiger partial charge >= 0.3 is 0 Å². The highest BCUT2D eigenvalue weighted by Gasteiger charge is 2.26. The van der Waals surface area contributed by atoms with Crippen molar-refractivity contribution in [3.05, 3.63) is 52.3 Å². The van der Waals surface area contributed by atoms with E-state index in [0.29, 0.717) is 34.5 Å². The van der Waals surface area contributed by atoms with E-state index >= 15 is 0 Å². The number of aromatic nitrogens is 3. The molecule has 1 fully saturated rings. The second-order valence-corrected chi connectivity index (χ2v) is 11.0. The number of hydrogen-bond donors (Lipinski definition) is 2. The van der Waals surface area contributed by atoms with Crippen LogP contribution in [0.2, 0.25) is 10.0 Å². The first kappa shape index (κ1) is 27.6. The van der Waals surface area contributed by atoms with Crippen molar-refractivity contribution in [2.75, 3.05) is 5.75 Å². The second kappa shape index (κ2) is 13.3. The molecule has 10 heteroatoms. The lowest BCUT2D eigenvalue weighted by Gasteiger charge is -2.22. The van der Waals surface area contributed by atoms with Crippen LogP contribution in [0.15, 0.2) is 36.0 Å². The molecule has 2 amide bonds. The molecule has 0 aliphatic heterocycles. The van der Waals surface area contributed by atoms with Gasteiger partial charge in [0.1, 0.15) is 0 Å². The number of rotatable bonds is 11. The van der Waals surface area contributed by atoms with Gasteiger partial charge in [0.25, 0.3) is 5.91 Å². The minimum absolute atomic E-state index is 0.000941. The van der Waals surface area contributed by atoms with Gasteiger partial charge in [-0.05, 0) is 43.4 Å². The summed E-state index contributed by atoms with van der Waals surface area (Å²) in [6, 6.07) is 4.65. The van der Waals surface area contributed by atoms with Gasteiger partial charge in [-0.15, -0.1) is 16.8 Å². The van der Waals surface area contributed by atoms with Gasteiger partial charge in [-0.1, -0.05) is 74.1 Å². The Labute approximate surface area is 221 Å². The number of halogens is 2. The summed E-state index contributed by atoms with van der Waals surface area (Å²) in [7, 11) is 0. The van der Waals surface area contributed by atoms with Crippen LogP contribution in [-0.2, 0) is 11.3 Å². The molecule has 0 unspecified atom stereocenters. The molecular formula is C25H33Cl2N5O2S. The fourth-order valence-corrected chi connectivity index (χ4v) is 5.48. The Kier molecular flexibility index (Phi) is 10.5. The molecule has 190 valence electrons. The van der Waals surface area contributed by atoms with Crippen LogP contribution in [0.1, 0.15) is 74.6 Å². The van der Waals surface area contributed by atoms with E-state index < -0.39 is 6.04 Å². The molecule has 2 aromatic rings. The van der Waals surface area contributed by atoms with Crippen LogP contribution in [0.3, 0.4) is 0 Å². The van der Waals surface area contributed by atoms with Crippen molar-refractivity contribution in [3.8, 4) is 0 Å². The molecule has 3 rings (SSSR count). The smallest absolute Gasteiger partial charge is 0.253 e. The summed E-state index contributed by atoms with van der Waals surface area (Å²) in [5.74, 6) is 0.847. The van der Waals surface area contributed by atoms with Crippen LogP contribution in [0, 0.1) is 5.92 Å². The number of nitrogens with one attached hydrogen (secondary N) is 2. The number of thioether (sulfide) groups is 1. The van der Waals surface area contributed by atoms with E-state index in [1.54, 1.807) is 24.3 Å². The van der Waals surface area contributed by atoms with Crippen molar-refractivity contribution in [1.29, 1.82) is 0 Å². The topological polar surface area (TPSA) is 88.9 Å². The van der Waals surface area contributed by atoms with Crippen molar-refractivity contribution in [2.24, 2.45) is 5.92 Å². The second-order valence-electron chi connectivity index (χ2n) is 9.21. The molecule has 2 N–H and O–H groups in total. The van der Waals surface area contributed by atoms with Crippen LogP contribution in [0.5, 0.6) is 0 Å². The number of benzene rings is 1. The van der Waals surface area contributed by atoms with Gasteiger partial charge in [0.05, 0.1) is 22.4 Å². The molecule has 1 aliphatic carbocycles. The molecular weight excluding hydrogens is 505 g/mol. The largest absolute Gasteiger partial charge is 0.353 e. The molecule has 7 nitrogen and oxygen atoms in total. The summed E-state index contributed by atoms with van der Waals surface area (Å²) in [6.07, 6.45) is 8.07. The van der Waals surface area contributed by atoms with E-state index in [0.717, 1.165) is 12.8 Å². The molecule has 1 aliphatic rings. The number of carbonyl (C=O) groups excluding carboxylic acids is 2. The quantitative estimate of drug-likeness (QED) is 0.278. The van der Waals surface area contributed by atoms with Crippen molar-refractivity contribution >= 4 is 46.8 Å². The average Bonchev–Trinajstić information content (AvgIpc) is 3.20. The van der Waals surface area contributed by atoms with Gasteiger partial charge < -0.3 is 15.2 Å². The Morgan fingerprint density at radius 2 is 1.97 bits per heavy atom. The summed E-state index contributed by atoms with van der Waals surface area (Å²) < 4.78 is 1.91. The fraction of sp³-hybridized carbons (Fsp3) is 0.520. The third kappa shape index (κ3) is 7.98. The molecule has 0 spiro atoms. The Balaban J connectivity index is 1.75. The van der Waals surface area contributed by atoms with E-state index in [9.17, 15) is 9.59 Å². The van der Waals surface area contributed by atoms with Crippen LogP contribution >= 0.6 is 35.0 Å². The van der Waals surface area contributed by atoms with Gasteiger partial charge in [-0.25, -0.2) is 0 Å². The van der Waals surface area contributed by atoms with Gasteiger partial charge in [0, 0.05) is 17.6 Å². The first-order chi connectivity index (χ1) is 16.8. The monoisotopic (exact) mass is 537 g/mol. The highest BCUT2D eigenvalue weighted by Crippen LogP contribution is 2.27. The van der Waals surface area contributed by atoms with Crippen LogP contribution in [0.25, 0.3) is 0 Å². The van der Waals surface area contributed by atoms with Crippen molar-refractivity contribution in [3.63, 3.8) is 0 Å². The number of allylic oxidation sites excluding steroid dienone is 1. The summed E-state index contributed by atoms with van der Waals surface area (Å²) in [4.78, 5) is 25.6. The van der Waals surface area contributed by atoms with Crippen molar-refractivity contribution in [2.45, 2.75) is 76.2 Å². The molecule has 35 heavy (non-hydrogen) atoms. The Hall–Kier alpha value is -2.03. The van der Waals surface area contributed by atoms with Gasteiger partial charge in [0.15, 0.2) is 11.0 Å². The predicted octanol–water partition coefficient (Wildman–Crippen LogP) is 5.83. The zero-order valence-corrected chi connectivity index (χ0v) is 22.6. The maximum Gasteiger partial charge on any atom is 0.253 e. The molecule has 1 atom stereocenters. The fourth-order valence-electron chi connectivity index (χ4n) is 4.22. The Morgan fingerprint density at radius 1 is 1.23 bits per heavy atom. The third-order valence-electron chi connectivity index (χ3n) is 5.86. The molecule has 1 heterocycles. The zero-order valence-electron chi connectivity index (χ0n) is 20.2. The predicted molar refractivity (Wildman–Crippen MR) is 142 cm³/mol. The van der Waals surface area contributed by atoms with Gasteiger partial charge in [-0.2, -0.15) is 0 Å². The van der Waals surface area contributed by atoms with Crippen molar-refractivity contribution in [1.82, 2.24) is 25.4 Å². The van der Waals surface area contributed by atoms with E-state index in [2.05, 4.69) is 41.3 Å². The average molecular weight is 539 g/mol. The first-order valence-corrected chi connectivity index (χ1v) is 13.7. The maximum absolute atomic E-state index is 13.0. The SMILES string of the molecule is C=CCn1c(SCC(=O)NC2CCCCC2)nnc1[C@H](CC(C)C)NC(=O)c1ccc(Cl)cc1Cl. The summed E-state index contributed by atoms with van der Waals surface area (Å²) in [5.41, 5.74) is 0.341. The lowest BCUT2D eigenvalue weighted by molar-refractivity contribution is -0.119. The van der Waals surface area contributed by atoms with E-state index in [-0.39, 0.29) is 34.5 Å². The maximum atomic E-state index is 13.0. The Morgan fingerprint density at radius 3 is 2.63 bits per heavy atom. The van der Waals surface area contributed by atoms with Crippen LogP contribution < -0.4 is 10.6 Å². The molecule has 0 bridgehead atoms. The van der Waals surface area contributed by atoms with Gasteiger partial charge in [-0.3, -0.25) is 9.59 Å². The van der Waals surface area contributed by atoms with Crippen LogP contribution in [0.4, 0.5) is 0 Å². The molecule has 0 radical (unpaired) electrons. The van der Waals surface area contributed by atoms with Crippen molar-refractivity contribution < 1.29 is 9.59 Å². The van der Waals surface area contributed by atoms with E-state index in [1.807, 2.05) is 4.57 Å². The summed E-state index contributed by atoms with van der Waals surface area (Å²) in [5, 5.41) is 16.3. The minimum Gasteiger partial charge on any atom is -0.353 e. The first-order valence-electron chi connectivity index (χ1n) is 12.0. The normalized spacial score (nSPS) is 15.1. The van der Waals surface area contributed by atoms with E-state index in [1.165, 1.54) is 31.0 Å². The molecule has 1 aromatic heterocycles. The lowest BCUT2D eigenvalue weighted by Crippen LogP contribution is -2.37. The summed E-state index contributed by atoms with van der Waals surface area (Å²) >= 11 is 13.6. The highest BCUT2D eigenvalue weighted by atomic mass is 35.5.